The maximum Gasteiger partial charge on any atom is 0.333 e. The zero-order valence-electron chi connectivity index (χ0n) is 11.7. The van der Waals surface area contributed by atoms with Gasteiger partial charge in [0.1, 0.15) is 0 Å². The van der Waals surface area contributed by atoms with Crippen molar-refractivity contribution in [3.05, 3.63) is 17.9 Å². The summed E-state index contributed by atoms with van der Waals surface area (Å²) in [5.74, 6) is -0.750. The van der Waals surface area contributed by atoms with Gasteiger partial charge in [-0.2, -0.15) is 0 Å². The first kappa shape index (κ1) is 32.6. The van der Waals surface area contributed by atoms with E-state index in [1.54, 1.807) is 6.92 Å². The second-order valence-electron chi connectivity index (χ2n) is 3.34. The van der Waals surface area contributed by atoms with Gasteiger partial charge in [-0.25, -0.2) is 4.79 Å². The van der Waals surface area contributed by atoms with E-state index in [-0.39, 0.29) is 95.3 Å². The van der Waals surface area contributed by atoms with Crippen LogP contribution in [0, 0.1) is 0 Å². The molecule has 7 nitrogen and oxygen atoms in total. The molecule has 2 radical (unpaired) electrons. The SMILES string of the molecule is C=C(C)C(=O)OCCCCOC(=O)CC[NH-].O.O.[Y].[Y]. The quantitative estimate of drug-likeness (QED) is 0.301. The summed E-state index contributed by atoms with van der Waals surface area (Å²) < 4.78 is 9.67. The van der Waals surface area contributed by atoms with Crippen LogP contribution in [0.4, 0.5) is 0 Å². The molecule has 0 saturated heterocycles. The molecule has 0 aliphatic heterocycles. The van der Waals surface area contributed by atoms with Crippen molar-refractivity contribution in [3.63, 3.8) is 0 Å². The van der Waals surface area contributed by atoms with E-state index in [9.17, 15) is 9.59 Å². The van der Waals surface area contributed by atoms with Crippen LogP contribution >= 0.6 is 0 Å². The first-order valence-electron chi connectivity index (χ1n) is 5.20. The molecule has 0 amide bonds. The summed E-state index contributed by atoms with van der Waals surface area (Å²) in [6, 6.07) is 0. The number of carbonyl (C=O) groups is 2. The maximum atomic E-state index is 10.9. The van der Waals surface area contributed by atoms with Crippen LogP contribution in [0.1, 0.15) is 26.2 Å². The number of hydrogen-bond donors (Lipinski definition) is 0. The monoisotopic (exact) mass is 442 g/mol. The van der Waals surface area contributed by atoms with Gasteiger partial charge >= 0.3 is 11.9 Å². The van der Waals surface area contributed by atoms with E-state index in [1.165, 1.54) is 0 Å². The van der Waals surface area contributed by atoms with Gasteiger partial charge in [0.2, 0.25) is 0 Å². The largest absolute Gasteiger partial charge is 0.677 e. The summed E-state index contributed by atoms with van der Waals surface area (Å²) in [7, 11) is 0. The van der Waals surface area contributed by atoms with E-state index in [0.29, 0.717) is 31.6 Å². The fourth-order valence-corrected chi connectivity index (χ4v) is 0.852. The Balaban J connectivity index is -0.000000187. The van der Waals surface area contributed by atoms with Crippen LogP contribution in [0.25, 0.3) is 5.73 Å². The Kier molecular flexibility index (Phi) is 36.0. The topological polar surface area (TPSA) is 139 Å². The molecule has 0 saturated carbocycles. The van der Waals surface area contributed by atoms with Gasteiger partial charge in [-0.1, -0.05) is 6.58 Å². The van der Waals surface area contributed by atoms with Gasteiger partial charge in [0.15, 0.2) is 0 Å². The normalized spacial score (nSPS) is 7.70. The Bertz CT molecular complexity index is 263. The smallest absolute Gasteiger partial charge is 0.333 e. The third kappa shape index (κ3) is 21.1. The minimum Gasteiger partial charge on any atom is -0.677 e. The van der Waals surface area contributed by atoms with E-state index in [1.807, 2.05) is 0 Å². The van der Waals surface area contributed by atoms with Crippen molar-refractivity contribution in [2.75, 3.05) is 19.8 Å². The molecule has 0 heterocycles. The molecule has 5 N–H and O–H groups in total. The van der Waals surface area contributed by atoms with E-state index in [0.717, 1.165) is 0 Å². The number of esters is 2. The van der Waals surface area contributed by atoms with Gasteiger partial charge in [-0.15, -0.1) is 6.54 Å². The van der Waals surface area contributed by atoms with Crippen molar-refractivity contribution >= 4 is 11.9 Å². The average Bonchev–Trinajstić information content (AvgIpc) is 2.23. The Morgan fingerprint density at radius 1 is 1.05 bits per heavy atom. The van der Waals surface area contributed by atoms with Crippen LogP contribution in [0.5, 0.6) is 0 Å². The molecule has 114 valence electrons. The van der Waals surface area contributed by atoms with Crippen molar-refractivity contribution < 1.29 is 95.4 Å². The van der Waals surface area contributed by atoms with Gasteiger partial charge in [-0.3, -0.25) is 4.79 Å². The molecule has 0 aliphatic rings. The van der Waals surface area contributed by atoms with Gasteiger partial charge in [-0.05, 0) is 19.8 Å². The summed E-state index contributed by atoms with van der Waals surface area (Å²) >= 11 is 0. The minimum absolute atomic E-state index is 0. The number of rotatable bonds is 8. The number of unbranched alkanes of at least 4 members (excludes halogenated alkanes) is 1. The standard InChI is InChI=1S/C11H18NO4.2H2O.2Y/c1-9(2)11(14)16-8-4-3-7-15-10(13)5-6-12;;;;/h12H,1,3-8H2,2H3;2*1H2;;/q-1;;;;. The predicted octanol–water partition coefficient (Wildman–Crippen LogP) is 0.217. The zero-order valence-corrected chi connectivity index (χ0v) is 17.4. The second-order valence-corrected chi connectivity index (χ2v) is 3.34. The molecule has 0 aromatic heterocycles. The third-order valence-corrected chi connectivity index (χ3v) is 1.71. The van der Waals surface area contributed by atoms with Crippen LogP contribution in [0.3, 0.4) is 0 Å². The van der Waals surface area contributed by atoms with Crippen molar-refractivity contribution in [2.24, 2.45) is 0 Å². The second kappa shape index (κ2) is 22.1. The van der Waals surface area contributed by atoms with Crippen molar-refractivity contribution in [2.45, 2.75) is 26.2 Å². The first-order chi connectivity index (χ1) is 7.57. The van der Waals surface area contributed by atoms with Crippen molar-refractivity contribution in [3.8, 4) is 0 Å². The Hall–Kier alpha value is 0.768. The van der Waals surface area contributed by atoms with Crippen molar-refractivity contribution in [1.29, 1.82) is 0 Å². The molecule has 0 spiro atoms. The molecule has 0 bridgehead atoms. The molecular formula is C11H22NO6Y2-. The summed E-state index contributed by atoms with van der Waals surface area (Å²) in [6.07, 6.45) is 1.42. The predicted molar refractivity (Wildman–Crippen MR) is 67.0 cm³/mol. The zero-order chi connectivity index (χ0) is 12.4. The number of hydrogen-bond acceptors (Lipinski definition) is 4. The molecule has 20 heavy (non-hydrogen) atoms. The number of ether oxygens (including phenoxy) is 2. The Morgan fingerprint density at radius 2 is 1.50 bits per heavy atom. The van der Waals surface area contributed by atoms with Gasteiger partial charge in [0.25, 0.3) is 0 Å². The molecule has 0 aromatic carbocycles. The summed E-state index contributed by atoms with van der Waals surface area (Å²) in [5, 5.41) is 0. The molecule has 0 fully saturated rings. The maximum absolute atomic E-state index is 10.9. The van der Waals surface area contributed by atoms with Crippen LogP contribution in [0.15, 0.2) is 12.2 Å². The molecule has 0 aliphatic carbocycles. The molecular weight excluding hydrogens is 420 g/mol. The molecule has 0 unspecified atom stereocenters. The average molecular weight is 442 g/mol. The summed E-state index contributed by atoms with van der Waals surface area (Å²) in [4.78, 5) is 21.8. The minimum atomic E-state index is -0.397. The van der Waals surface area contributed by atoms with Gasteiger partial charge < -0.3 is 26.2 Å². The molecule has 0 aromatic rings. The molecule has 0 atom stereocenters. The van der Waals surface area contributed by atoms with E-state index >= 15 is 0 Å². The fraction of sp³-hybridized carbons (Fsp3) is 0.636. The van der Waals surface area contributed by atoms with Gasteiger partial charge in [0, 0.05) is 77.4 Å². The molecule has 9 heteroatoms. The van der Waals surface area contributed by atoms with Crippen LogP contribution in [0.2, 0.25) is 0 Å². The van der Waals surface area contributed by atoms with E-state index in [4.69, 9.17) is 15.2 Å². The Morgan fingerprint density at radius 3 is 1.90 bits per heavy atom. The van der Waals surface area contributed by atoms with Crippen LogP contribution < -0.4 is 0 Å². The molecule has 0 rings (SSSR count). The first-order valence-corrected chi connectivity index (χ1v) is 5.20. The van der Waals surface area contributed by atoms with Crippen LogP contribution in [-0.4, -0.2) is 42.6 Å². The third-order valence-electron chi connectivity index (χ3n) is 1.71. The van der Waals surface area contributed by atoms with Crippen LogP contribution in [-0.2, 0) is 84.5 Å². The number of carbonyl (C=O) groups excluding carboxylic acids is 2. The van der Waals surface area contributed by atoms with E-state index < -0.39 is 5.97 Å². The van der Waals surface area contributed by atoms with Crippen molar-refractivity contribution in [1.82, 2.24) is 0 Å². The summed E-state index contributed by atoms with van der Waals surface area (Å²) in [6.45, 7) is 5.71. The van der Waals surface area contributed by atoms with E-state index in [2.05, 4.69) is 6.58 Å². The summed E-state index contributed by atoms with van der Waals surface area (Å²) in [5.41, 5.74) is 7.18. The number of nitrogens with one attached hydrogen (secondary N) is 1. The van der Waals surface area contributed by atoms with Gasteiger partial charge in [0.05, 0.1) is 13.2 Å². The Labute approximate surface area is 169 Å². The fourth-order valence-electron chi connectivity index (χ4n) is 0.852.